The fourth-order valence-corrected chi connectivity index (χ4v) is 2.23. The minimum absolute atomic E-state index is 0.300. The first kappa shape index (κ1) is 11.4. The fourth-order valence-electron chi connectivity index (χ4n) is 2.23. The van der Waals surface area contributed by atoms with E-state index in [2.05, 4.69) is 15.3 Å². The number of aromatic nitrogens is 2. The van der Waals surface area contributed by atoms with Gasteiger partial charge in [-0.05, 0) is 25.3 Å². The van der Waals surface area contributed by atoms with Gasteiger partial charge in [0.25, 0.3) is 0 Å². The summed E-state index contributed by atoms with van der Waals surface area (Å²) in [5.41, 5.74) is 0.972. The SMILES string of the molecule is c1ccc2nc(NCC3CCCCO3)ncc2c1. The smallest absolute Gasteiger partial charge is 0.223 e. The van der Waals surface area contributed by atoms with Crippen molar-refractivity contribution in [3.8, 4) is 0 Å². The molecule has 1 aliphatic rings. The second-order valence-corrected chi connectivity index (χ2v) is 4.62. The first-order valence-electron chi connectivity index (χ1n) is 6.49. The molecule has 0 spiro atoms. The molecule has 0 saturated carbocycles. The Balaban J connectivity index is 1.66. The standard InChI is InChI=1S/C14H17N3O/c1-2-7-13-11(5-1)9-15-14(17-13)16-10-12-6-3-4-8-18-12/h1-2,5,7,9,12H,3-4,6,8,10H2,(H,15,16,17). The summed E-state index contributed by atoms with van der Waals surface area (Å²) >= 11 is 0. The number of anilines is 1. The number of ether oxygens (including phenoxy) is 1. The van der Waals surface area contributed by atoms with Gasteiger partial charge in [-0.2, -0.15) is 0 Å². The highest BCUT2D eigenvalue weighted by atomic mass is 16.5. The van der Waals surface area contributed by atoms with Crippen LogP contribution in [0.5, 0.6) is 0 Å². The van der Waals surface area contributed by atoms with Gasteiger partial charge in [0.05, 0.1) is 11.6 Å². The molecule has 3 rings (SSSR count). The first-order chi connectivity index (χ1) is 8.92. The molecule has 1 aliphatic heterocycles. The Hall–Kier alpha value is -1.68. The zero-order valence-corrected chi connectivity index (χ0v) is 10.3. The Labute approximate surface area is 106 Å². The van der Waals surface area contributed by atoms with Gasteiger partial charge in [0.2, 0.25) is 5.95 Å². The van der Waals surface area contributed by atoms with E-state index in [-0.39, 0.29) is 0 Å². The van der Waals surface area contributed by atoms with Gasteiger partial charge in [-0.3, -0.25) is 0 Å². The second kappa shape index (κ2) is 5.31. The van der Waals surface area contributed by atoms with Crippen LogP contribution in [0.3, 0.4) is 0 Å². The van der Waals surface area contributed by atoms with Gasteiger partial charge in [0, 0.05) is 24.7 Å². The number of rotatable bonds is 3. The number of nitrogens with zero attached hydrogens (tertiary/aromatic N) is 2. The predicted octanol–water partition coefficient (Wildman–Crippen LogP) is 2.61. The molecule has 0 radical (unpaired) electrons. The van der Waals surface area contributed by atoms with E-state index in [9.17, 15) is 0 Å². The lowest BCUT2D eigenvalue weighted by molar-refractivity contribution is 0.0247. The summed E-state index contributed by atoms with van der Waals surface area (Å²) in [5, 5.41) is 4.33. The van der Waals surface area contributed by atoms with Crippen LogP contribution in [0.15, 0.2) is 30.5 Å². The van der Waals surface area contributed by atoms with E-state index in [1.165, 1.54) is 12.8 Å². The maximum atomic E-state index is 5.67. The van der Waals surface area contributed by atoms with Gasteiger partial charge in [-0.25, -0.2) is 9.97 Å². The van der Waals surface area contributed by atoms with E-state index in [0.29, 0.717) is 12.1 Å². The summed E-state index contributed by atoms with van der Waals surface area (Å²) in [6, 6.07) is 8.00. The molecule has 1 atom stereocenters. The number of fused-ring (bicyclic) bond motifs is 1. The van der Waals surface area contributed by atoms with E-state index < -0.39 is 0 Å². The quantitative estimate of drug-likeness (QED) is 0.900. The molecule has 0 bridgehead atoms. The highest BCUT2D eigenvalue weighted by molar-refractivity contribution is 5.78. The molecule has 1 fully saturated rings. The molecule has 1 unspecified atom stereocenters. The lowest BCUT2D eigenvalue weighted by Gasteiger charge is -2.22. The Morgan fingerprint density at radius 1 is 1.28 bits per heavy atom. The summed E-state index contributed by atoms with van der Waals surface area (Å²) in [4.78, 5) is 8.80. The van der Waals surface area contributed by atoms with Crippen molar-refractivity contribution >= 4 is 16.9 Å². The highest BCUT2D eigenvalue weighted by Gasteiger charge is 2.13. The Kier molecular flexibility index (Phi) is 3.37. The topological polar surface area (TPSA) is 47.0 Å². The molecule has 1 aromatic heterocycles. The van der Waals surface area contributed by atoms with Crippen LogP contribution in [0.1, 0.15) is 19.3 Å². The summed E-state index contributed by atoms with van der Waals surface area (Å²) in [6.45, 7) is 1.67. The zero-order valence-electron chi connectivity index (χ0n) is 10.3. The van der Waals surface area contributed by atoms with E-state index in [0.717, 1.165) is 30.5 Å². The molecule has 2 heterocycles. The van der Waals surface area contributed by atoms with Gasteiger partial charge < -0.3 is 10.1 Å². The van der Waals surface area contributed by atoms with E-state index in [4.69, 9.17) is 4.74 Å². The van der Waals surface area contributed by atoms with E-state index in [1.807, 2.05) is 30.5 Å². The summed E-state index contributed by atoms with van der Waals surface area (Å²) in [6.07, 6.45) is 5.72. The molecule has 0 amide bonds. The Bertz CT molecular complexity index is 523. The first-order valence-corrected chi connectivity index (χ1v) is 6.49. The molecular weight excluding hydrogens is 226 g/mol. The number of nitrogens with one attached hydrogen (secondary N) is 1. The monoisotopic (exact) mass is 243 g/mol. The Morgan fingerprint density at radius 2 is 2.22 bits per heavy atom. The van der Waals surface area contributed by atoms with Gasteiger partial charge in [0.1, 0.15) is 0 Å². The average Bonchev–Trinajstić information content (AvgIpc) is 2.46. The molecule has 0 aliphatic carbocycles. The van der Waals surface area contributed by atoms with Crippen LogP contribution in [-0.4, -0.2) is 29.2 Å². The number of hydrogen-bond donors (Lipinski definition) is 1. The van der Waals surface area contributed by atoms with Crippen molar-refractivity contribution < 1.29 is 4.74 Å². The van der Waals surface area contributed by atoms with Gasteiger partial charge >= 0.3 is 0 Å². The normalized spacial score (nSPS) is 19.9. The third-order valence-electron chi connectivity index (χ3n) is 3.25. The molecule has 4 nitrogen and oxygen atoms in total. The molecule has 1 N–H and O–H groups in total. The highest BCUT2D eigenvalue weighted by Crippen LogP contribution is 2.14. The lowest BCUT2D eigenvalue weighted by Crippen LogP contribution is -2.27. The van der Waals surface area contributed by atoms with Crippen LogP contribution in [0, 0.1) is 0 Å². The molecular formula is C14H17N3O. The molecule has 18 heavy (non-hydrogen) atoms. The van der Waals surface area contributed by atoms with Crippen LogP contribution >= 0.6 is 0 Å². The molecule has 1 aromatic carbocycles. The van der Waals surface area contributed by atoms with E-state index in [1.54, 1.807) is 0 Å². The third-order valence-corrected chi connectivity index (χ3v) is 3.25. The number of para-hydroxylation sites is 1. The molecule has 1 saturated heterocycles. The van der Waals surface area contributed by atoms with Crippen molar-refractivity contribution in [3.05, 3.63) is 30.5 Å². The summed E-state index contributed by atoms with van der Waals surface area (Å²) in [7, 11) is 0. The van der Waals surface area contributed by atoms with Crippen LogP contribution in [-0.2, 0) is 4.74 Å². The summed E-state index contributed by atoms with van der Waals surface area (Å²) < 4.78 is 5.67. The van der Waals surface area contributed by atoms with Crippen LogP contribution < -0.4 is 5.32 Å². The second-order valence-electron chi connectivity index (χ2n) is 4.62. The minimum atomic E-state index is 0.300. The largest absolute Gasteiger partial charge is 0.376 e. The molecule has 94 valence electrons. The number of hydrogen-bond acceptors (Lipinski definition) is 4. The van der Waals surface area contributed by atoms with Crippen molar-refractivity contribution in [2.75, 3.05) is 18.5 Å². The van der Waals surface area contributed by atoms with Crippen LogP contribution in [0.2, 0.25) is 0 Å². The minimum Gasteiger partial charge on any atom is -0.376 e. The van der Waals surface area contributed by atoms with Gasteiger partial charge in [0.15, 0.2) is 0 Å². The maximum Gasteiger partial charge on any atom is 0.223 e. The van der Waals surface area contributed by atoms with Crippen LogP contribution in [0.25, 0.3) is 10.9 Å². The zero-order chi connectivity index (χ0) is 12.2. The van der Waals surface area contributed by atoms with Crippen molar-refractivity contribution in [3.63, 3.8) is 0 Å². The van der Waals surface area contributed by atoms with E-state index >= 15 is 0 Å². The summed E-state index contributed by atoms with van der Waals surface area (Å²) in [5.74, 6) is 0.683. The van der Waals surface area contributed by atoms with Gasteiger partial charge in [-0.1, -0.05) is 18.2 Å². The maximum absolute atomic E-state index is 5.67. The predicted molar refractivity (Wildman–Crippen MR) is 71.6 cm³/mol. The lowest BCUT2D eigenvalue weighted by atomic mass is 10.1. The van der Waals surface area contributed by atoms with Crippen molar-refractivity contribution in [1.82, 2.24) is 9.97 Å². The fraction of sp³-hybridized carbons (Fsp3) is 0.429. The van der Waals surface area contributed by atoms with Crippen molar-refractivity contribution in [2.24, 2.45) is 0 Å². The third kappa shape index (κ3) is 2.59. The average molecular weight is 243 g/mol. The number of benzene rings is 1. The van der Waals surface area contributed by atoms with Crippen LogP contribution in [0.4, 0.5) is 5.95 Å². The molecule has 2 aromatic rings. The molecule has 4 heteroatoms. The van der Waals surface area contributed by atoms with Crippen molar-refractivity contribution in [1.29, 1.82) is 0 Å². The van der Waals surface area contributed by atoms with Gasteiger partial charge in [-0.15, -0.1) is 0 Å². The Morgan fingerprint density at radius 3 is 3.11 bits per heavy atom. The van der Waals surface area contributed by atoms with Crippen molar-refractivity contribution in [2.45, 2.75) is 25.4 Å².